The van der Waals surface area contributed by atoms with Gasteiger partial charge in [0, 0.05) is 11.1 Å². The fourth-order valence-corrected chi connectivity index (χ4v) is 2.94. The lowest BCUT2D eigenvalue weighted by Gasteiger charge is -2.15. The Bertz CT molecular complexity index is 970. The number of hydrogen-bond donors (Lipinski definition) is 1. The Morgan fingerprint density at radius 1 is 1.04 bits per heavy atom. The molecule has 1 heterocycles. The van der Waals surface area contributed by atoms with Crippen LogP contribution in [0.5, 0.6) is 5.75 Å². The quantitative estimate of drug-likeness (QED) is 0.768. The Morgan fingerprint density at radius 2 is 1.76 bits per heavy atom. The van der Waals surface area contributed by atoms with E-state index in [2.05, 4.69) is 11.1 Å². The maximum Gasteiger partial charge on any atom is 0.142 e. The van der Waals surface area contributed by atoms with Gasteiger partial charge in [-0.05, 0) is 37.1 Å². The zero-order valence-electron chi connectivity index (χ0n) is 14.5. The van der Waals surface area contributed by atoms with E-state index >= 15 is 0 Å². The van der Waals surface area contributed by atoms with Crippen LogP contribution in [0.1, 0.15) is 16.7 Å². The number of nitrogen functional groups attached to an aromatic ring is 1. The van der Waals surface area contributed by atoms with Gasteiger partial charge in [0.2, 0.25) is 0 Å². The molecule has 4 heteroatoms. The third kappa shape index (κ3) is 3.05. The summed E-state index contributed by atoms with van der Waals surface area (Å²) in [7, 11) is 1.62. The van der Waals surface area contributed by atoms with E-state index < -0.39 is 0 Å². The van der Waals surface area contributed by atoms with Gasteiger partial charge in [-0.1, -0.05) is 42.0 Å². The highest BCUT2D eigenvalue weighted by molar-refractivity contribution is 5.84. The number of anilines is 1. The highest BCUT2D eigenvalue weighted by Gasteiger charge is 2.18. The Balaban J connectivity index is 2.30. The first-order valence-corrected chi connectivity index (χ1v) is 7.96. The van der Waals surface area contributed by atoms with Crippen molar-refractivity contribution in [3.63, 3.8) is 0 Å². The molecule has 2 aromatic carbocycles. The highest BCUT2D eigenvalue weighted by Crippen LogP contribution is 2.36. The molecule has 1 aromatic heterocycles. The van der Waals surface area contributed by atoms with Gasteiger partial charge in [0.15, 0.2) is 0 Å². The standard InChI is InChI=1S/C21H19N3O/c1-13-7-9-15(10-8-13)20-14(2)19(18(12-22)21(23)24-20)16-5-4-6-17(11-16)25-3/h4-11H,1-3H3,(H2,23,24). The number of nitrogens with two attached hydrogens (primary N) is 1. The molecule has 2 N–H and O–H groups in total. The molecule has 0 radical (unpaired) electrons. The van der Waals surface area contributed by atoms with Crippen molar-refractivity contribution in [1.29, 1.82) is 5.26 Å². The van der Waals surface area contributed by atoms with E-state index in [1.54, 1.807) is 7.11 Å². The first kappa shape index (κ1) is 16.5. The Morgan fingerprint density at radius 3 is 2.40 bits per heavy atom. The van der Waals surface area contributed by atoms with Crippen molar-refractivity contribution >= 4 is 5.82 Å². The van der Waals surface area contributed by atoms with Crippen LogP contribution in [-0.4, -0.2) is 12.1 Å². The average molecular weight is 329 g/mol. The Hall–Kier alpha value is -3.32. The van der Waals surface area contributed by atoms with E-state index in [-0.39, 0.29) is 5.82 Å². The normalized spacial score (nSPS) is 10.3. The number of rotatable bonds is 3. The summed E-state index contributed by atoms with van der Waals surface area (Å²) in [5.41, 5.74) is 12.0. The molecule has 0 unspecified atom stereocenters. The van der Waals surface area contributed by atoms with E-state index in [0.717, 1.165) is 33.7 Å². The van der Waals surface area contributed by atoms with Gasteiger partial charge in [-0.2, -0.15) is 5.26 Å². The maximum absolute atomic E-state index is 9.61. The molecule has 0 aliphatic rings. The molecule has 25 heavy (non-hydrogen) atoms. The van der Waals surface area contributed by atoms with E-state index in [1.807, 2.05) is 62.4 Å². The average Bonchev–Trinajstić information content (AvgIpc) is 2.63. The van der Waals surface area contributed by atoms with Crippen LogP contribution >= 0.6 is 0 Å². The number of aryl methyl sites for hydroxylation is 1. The fraction of sp³-hybridized carbons (Fsp3) is 0.143. The topological polar surface area (TPSA) is 71.9 Å². The molecule has 3 aromatic rings. The summed E-state index contributed by atoms with van der Waals surface area (Å²) in [6.07, 6.45) is 0. The van der Waals surface area contributed by atoms with Gasteiger partial charge in [-0.15, -0.1) is 0 Å². The molecular formula is C21H19N3O. The van der Waals surface area contributed by atoms with Crippen LogP contribution in [0.25, 0.3) is 22.4 Å². The van der Waals surface area contributed by atoms with Crippen molar-refractivity contribution in [1.82, 2.24) is 4.98 Å². The minimum absolute atomic E-state index is 0.237. The van der Waals surface area contributed by atoms with Crippen LogP contribution in [0, 0.1) is 25.2 Å². The molecule has 124 valence electrons. The van der Waals surface area contributed by atoms with Gasteiger partial charge in [0.25, 0.3) is 0 Å². The van der Waals surface area contributed by atoms with Gasteiger partial charge in [-0.25, -0.2) is 4.98 Å². The third-order valence-electron chi connectivity index (χ3n) is 4.26. The number of benzene rings is 2. The largest absolute Gasteiger partial charge is 0.497 e. The summed E-state index contributed by atoms with van der Waals surface area (Å²) in [5.74, 6) is 0.967. The van der Waals surface area contributed by atoms with Crippen molar-refractivity contribution < 1.29 is 4.74 Å². The molecule has 0 amide bonds. The smallest absolute Gasteiger partial charge is 0.142 e. The first-order chi connectivity index (χ1) is 12.0. The van der Waals surface area contributed by atoms with Crippen LogP contribution in [-0.2, 0) is 0 Å². The molecule has 0 aliphatic heterocycles. The van der Waals surface area contributed by atoms with Gasteiger partial charge in [0.1, 0.15) is 23.2 Å². The van der Waals surface area contributed by atoms with Gasteiger partial charge in [-0.3, -0.25) is 0 Å². The van der Waals surface area contributed by atoms with Crippen LogP contribution in [0.4, 0.5) is 5.82 Å². The highest BCUT2D eigenvalue weighted by atomic mass is 16.5. The minimum Gasteiger partial charge on any atom is -0.497 e. The SMILES string of the molecule is COc1cccc(-c2c(C)c(-c3ccc(C)cc3)nc(N)c2C#N)c1. The lowest BCUT2D eigenvalue weighted by molar-refractivity contribution is 0.415. The van der Waals surface area contributed by atoms with Crippen molar-refractivity contribution in [2.24, 2.45) is 0 Å². The van der Waals surface area contributed by atoms with E-state index in [1.165, 1.54) is 5.56 Å². The molecule has 0 saturated heterocycles. The Kier molecular flexibility index (Phi) is 4.40. The maximum atomic E-state index is 9.61. The number of hydrogen-bond acceptors (Lipinski definition) is 4. The van der Waals surface area contributed by atoms with Crippen LogP contribution < -0.4 is 10.5 Å². The zero-order chi connectivity index (χ0) is 18.0. The van der Waals surface area contributed by atoms with Crippen molar-refractivity contribution in [3.8, 4) is 34.2 Å². The summed E-state index contributed by atoms with van der Waals surface area (Å²) in [5, 5.41) is 9.61. The fourth-order valence-electron chi connectivity index (χ4n) is 2.94. The molecule has 0 aliphatic carbocycles. The molecule has 3 rings (SSSR count). The summed E-state index contributed by atoms with van der Waals surface area (Å²) in [6.45, 7) is 4.01. The molecular weight excluding hydrogens is 310 g/mol. The number of nitriles is 1. The number of ether oxygens (including phenoxy) is 1. The lowest BCUT2D eigenvalue weighted by Crippen LogP contribution is -2.03. The van der Waals surface area contributed by atoms with Crippen molar-refractivity contribution in [2.75, 3.05) is 12.8 Å². The number of nitrogens with zero attached hydrogens (tertiary/aromatic N) is 2. The zero-order valence-corrected chi connectivity index (χ0v) is 14.5. The van der Waals surface area contributed by atoms with Gasteiger partial charge < -0.3 is 10.5 Å². The summed E-state index contributed by atoms with van der Waals surface area (Å²) >= 11 is 0. The van der Waals surface area contributed by atoms with Crippen LogP contribution in [0.3, 0.4) is 0 Å². The number of pyridine rings is 1. The molecule has 4 nitrogen and oxygen atoms in total. The lowest BCUT2D eigenvalue weighted by atomic mass is 9.92. The second kappa shape index (κ2) is 6.66. The molecule has 0 saturated carbocycles. The van der Waals surface area contributed by atoms with Gasteiger partial charge in [0.05, 0.1) is 12.8 Å². The van der Waals surface area contributed by atoms with E-state index in [9.17, 15) is 5.26 Å². The molecule has 0 spiro atoms. The monoisotopic (exact) mass is 329 g/mol. The summed E-state index contributed by atoms with van der Waals surface area (Å²) < 4.78 is 5.32. The molecule has 0 fully saturated rings. The first-order valence-electron chi connectivity index (χ1n) is 7.96. The van der Waals surface area contributed by atoms with Crippen LogP contribution in [0.2, 0.25) is 0 Å². The van der Waals surface area contributed by atoms with Crippen LogP contribution in [0.15, 0.2) is 48.5 Å². The predicted octanol–water partition coefficient (Wildman–Crippen LogP) is 4.49. The van der Waals surface area contributed by atoms with E-state index in [4.69, 9.17) is 10.5 Å². The number of methoxy groups -OCH3 is 1. The second-order valence-electron chi connectivity index (χ2n) is 5.93. The predicted molar refractivity (Wildman–Crippen MR) is 100 cm³/mol. The minimum atomic E-state index is 0.237. The van der Waals surface area contributed by atoms with Crippen molar-refractivity contribution in [2.45, 2.75) is 13.8 Å². The Labute approximate surface area is 147 Å². The second-order valence-corrected chi connectivity index (χ2v) is 5.93. The molecule has 0 bridgehead atoms. The summed E-state index contributed by atoms with van der Waals surface area (Å²) in [6, 6.07) is 17.9. The molecule has 0 atom stereocenters. The van der Waals surface area contributed by atoms with Gasteiger partial charge >= 0.3 is 0 Å². The number of aromatic nitrogens is 1. The van der Waals surface area contributed by atoms with Crippen molar-refractivity contribution in [3.05, 3.63) is 65.2 Å². The third-order valence-corrected chi connectivity index (χ3v) is 4.26. The summed E-state index contributed by atoms with van der Waals surface area (Å²) in [4.78, 5) is 4.50. The van der Waals surface area contributed by atoms with E-state index in [0.29, 0.717) is 5.56 Å².